The van der Waals surface area contributed by atoms with E-state index >= 15 is 0 Å². The molecule has 3 heteroatoms. The first kappa shape index (κ1) is 26.3. The highest BCUT2D eigenvalue weighted by atomic mass is 32.1. The van der Waals surface area contributed by atoms with Gasteiger partial charge in [-0.25, -0.2) is 0 Å². The van der Waals surface area contributed by atoms with Crippen molar-refractivity contribution in [3.63, 3.8) is 0 Å². The van der Waals surface area contributed by atoms with Gasteiger partial charge in [-0.15, -0.1) is 11.3 Å². The summed E-state index contributed by atoms with van der Waals surface area (Å²) in [7, 11) is 0. The number of nitrogens with zero attached hydrogens (tertiary/aromatic N) is 1. The predicted octanol–water partition coefficient (Wildman–Crippen LogP) is 13.4. The van der Waals surface area contributed by atoms with Crippen molar-refractivity contribution in [3.8, 4) is 11.1 Å². The maximum atomic E-state index is 6.41. The van der Waals surface area contributed by atoms with E-state index in [4.69, 9.17) is 4.42 Å². The molecule has 0 amide bonds. The molecule has 0 aliphatic rings. The van der Waals surface area contributed by atoms with Gasteiger partial charge in [-0.3, -0.25) is 0 Å². The highest BCUT2D eigenvalue weighted by Crippen LogP contribution is 2.47. The van der Waals surface area contributed by atoms with Gasteiger partial charge >= 0.3 is 0 Å². The molecule has 0 saturated carbocycles. The molecular formula is C44H27NOS. The average molecular weight is 618 g/mol. The van der Waals surface area contributed by atoms with Gasteiger partial charge < -0.3 is 9.32 Å². The minimum atomic E-state index is 0.878. The van der Waals surface area contributed by atoms with Crippen molar-refractivity contribution in [2.45, 2.75) is 0 Å². The van der Waals surface area contributed by atoms with Crippen LogP contribution in [0.4, 0.5) is 17.1 Å². The van der Waals surface area contributed by atoms with E-state index in [0.29, 0.717) is 0 Å². The topological polar surface area (TPSA) is 16.4 Å². The Morgan fingerprint density at radius 3 is 2.06 bits per heavy atom. The molecule has 0 aliphatic carbocycles. The third kappa shape index (κ3) is 4.04. The first-order chi connectivity index (χ1) is 23.3. The number of thiophene rings is 1. The second-order valence-electron chi connectivity index (χ2n) is 12.1. The van der Waals surface area contributed by atoms with Crippen LogP contribution in [0.5, 0.6) is 0 Å². The summed E-state index contributed by atoms with van der Waals surface area (Å²) in [4.78, 5) is 2.43. The summed E-state index contributed by atoms with van der Waals surface area (Å²) in [6, 6.07) is 59.0. The molecule has 0 aliphatic heterocycles. The fourth-order valence-electron chi connectivity index (χ4n) is 7.37. The zero-order chi connectivity index (χ0) is 30.9. The fourth-order valence-corrected chi connectivity index (χ4v) is 8.48. The smallest absolute Gasteiger partial charge is 0.137 e. The minimum absolute atomic E-state index is 0.878. The van der Waals surface area contributed by atoms with Gasteiger partial charge in [-0.05, 0) is 75.6 Å². The van der Waals surface area contributed by atoms with Crippen LogP contribution in [0.1, 0.15) is 0 Å². The lowest BCUT2D eigenvalue weighted by Gasteiger charge is -2.29. The van der Waals surface area contributed by atoms with E-state index in [0.717, 1.165) is 39.0 Å². The molecule has 2 nitrogen and oxygen atoms in total. The van der Waals surface area contributed by atoms with Crippen molar-refractivity contribution < 1.29 is 4.42 Å². The number of anilines is 3. The summed E-state index contributed by atoms with van der Waals surface area (Å²) in [6.07, 6.45) is 0. The van der Waals surface area contributed by atoms with Gasteiger partial charge in [-0.1, -0.05) is 115 Å². The summed E-state index contributed by atoms with van der Waals surface area (Å²) < 4.78 is 9.05. The summed E-state index contributed by atoms with van der Waals surface area (Å²) in [6.45, 7) is 0. The van der Waals surface area contributed by atoms with Gasteiger partial charge in [0.05, 0.1) is 16.8 Å². The number of hydrogen-bond acceptors (Lipinski definition) is 3. The molecule has 10 aromatic rings. The largest absolute Gasteiger partial charge is 0.456 e. The highest BCUT2D eigenvalue weighted by molar-refractivity contribution is 7.26. The van der Waals surface area contributed by atoms with Crippen molar-refractivity contribution in [3.05, 3.63) is 164 Å². The Morgan fingerprint density at radius 2 is 1.13 bits per heavy atom. The second-order valence-corrected chi connectivity index (χ2v) is 13.2. The molecule has 10 rings (SSSR count). The normalized spacial score (nSPS) is 11.8. The molecule has 0 atom stereocenters. The van der Waals surface area contributed by atoms with Gasteiger partial charge in [0, 0.05) is 36.8 Å². The number of fused-ring (bicyclic) bond motifs is 10. The van der Waals surface area contributed by atoms with E-state index in [2.05, 4.69) is 163 Å². The van der Waals surface area contributed by atoms with Crippen molar-refractivity contribution in [1.29, 1.82) is 0 Å². The van der Waals surface area contributed by atoms with E-state index in [1.165, 1.54) is 52.8 Å². The second kappa shape index (κ2) is 10.3. The third-order valence-corrected chi connectivity index (χ3v) is 10.6. The summed E-state index contributed by atoms with van der Waals surface area (Å²) in [5.74, 6) is 0. The molecule has 0 saturated heterocycles. The maximum Gasteiger partial charge on any atom is 0.137 e. The van der Waals surface area contributed by atoms with Crippen LogP contribution in [0.3, 0.4) is 0 Å². The van der Waals surface area contributed by atoms with E-state index in [1.54, 1.807) is 0 Å². The van der Waals surface area contributed by atoms with Crippen molar-refractivity contribution >= 4 is 92.1 Å². The van der Waals surface area contributed by atoms with E-state index in [-0.39, 0.29) is 0 Å². The van der Waals surface area contributed by atoms with Gasteiger partial charge in [0.25, 0.3) is 0 Å². The average Bonchev–Trinajstić information content (AvgIpc) is 3.71. The molecule has 0 unspecified atom stereocenters. The van der Waals surface area contributed by atoms with Crippen molar-refractivity contribution in [2.24, 2.45) is 0 Å². The fraction of sp³-hybridized carbons (Fsp3) is 0. The Labute approximate surface area is 275 Å². The number of benzene rings is 8. The zero-order valence-electron chi connectivity index (χ0n) is 25.4. The number of hydrogen-bond donors (Lipinski definition) is 0. The van der Waals surface area contributed by atoms with Crippen molar-refractivity contribution in [2.75, 3.05) is 4.90 Å². The van der Waals surface area contributed by atoms with Crippen LogP contribution in [0.15, 0.2) is 168 Å². The molecule has 2 aromatic heterocycles. The molecule has 0 spiro atoms. The van der Waals surface area contributed by atoms with Gasteiger partial charge in [0.1, 0.15) is 11.2 Å². The Kier molecular flexibility index (Phi) is 5.78. The van der Waals surface area contributed by atoms with Gasteiger partial charge in [-0.2, -0.15) is 0 Å². The maximum absolute atomic E-state index is 6.41. The predicted molar refractivity (Wildman–Crippen MR) is 202 cm³/mol. The van der Waals surface area contributed by atoms with Crippen LogP contribution in [-0.2, 0) is 0 Å². The van der Waals surface area contributed by atoms with Crippen LogP contribution in [0.2, 0.25) is 0 Å². The van der Waals surface area contributed by atoms with Crippen LogP contribution in [-0.4, -0.2) is 0 Å². The van der Waals surface area contributed by atoms with Gasteiger partial charge in [0.2, 0.25) is 0 Å². The van der Waals surface area contributed by atoms with Crippen LogP contribution >= 0.6 is 11.3 Å². The number of rotatable bonds is 4. The van der Waals surface area contributed by atoms with Crippen LogP contribution < -0.4 is 4.90 Å². The molecule has 0 bridgehead atoms. The number of furan rings is 1. The lowest BCUT2D eigenvalue weighted by atomic mass is 9.96. The highest BCUT2D eigenvalue weighted by Gasteiger charge is 2.22. The molecule has 0 N–H and O–H groups in total. The standard InChI is InChI=1S/C44H27NOS/c1-2-11-28(12-3-1)32-13-4-7-16-36(32)45(37-17-10-19-39-43(37)33-14-5-8-18-38(33)46-39)31-25-23-29-21-22-30-24-26-41-44(42(30)35(29)27-31)34-15-6-9-20-40(34)47-41/h1-27H. The van der Waals surface area contributed by atoms with Gasteiger partial charge in [0.15, 0.2) is 0 Å². The van der Waals surface area contributed by atoms with E-state index in [1.807, 2.05) is 17.4 Å². The quantitative estimate of drug-likeness (QED) is 0.183. The van der Waals surface area contributed by atoms with E-state index < -0.39 is 0 Å². The Hall–Kier alpha value is -5.90. The molecule has 8 aromatic carbocycles. The molecule has 220 valence electrons. The first-order valence-electron chi connectivity index (χ1n) is 15.9. The minimum Gasteiger partial charge on any atom is -0.456 e. The van der Waals surface area contributed by atoms with Crippen molar-refractivity contribution in [1.82, 2.24) is 0 Å². The Morgan fingerprint density at radius 1 is 0.426 bits per heavy atom. The molecule has 47 heavy (non-hydrogen) atoms. The SMILES string of the molecule is c1ccc(-c2ccccc2N(c2ccc3ccc4ccc5sc6ccccc6c5c4c3c2)c2cccc3oc4ccccc4c23)cc1. The van der Waals surface area contributed by atoms with Crippen LogP contribution in [0.25, 0.3) is 74.8 Å². The zero-order valence-corrected chi connectivity index (χ0v) is 26.2. The molecular weight excluding hydrogens is 591 g/mol. The Bertz CT molecular complexity index is 2810. The summed E-state index contributed by atoms with van der Waals surface area (Å²) in [5, 5.41) is 9.91. The monoisotopic (exact) mass is 617 g/mol. The molecule has 0 fully saturated rings. The first-order valence-corrected chi connectivity index (χ1v) is 16.7. The molecule has 0 radical (unpaired) electrons. The third-order valence-electron chi connectivity index (χ3n) is 9.43. The number of para-hydroxylation sites is 2. The summed E-state index contributed by atoms with van der Waals surface area (Å²) in [5.41, 5.74) is 7.41. The van der Waals surface area contributed by atoms with Crippen LogP contribution in [0, 0.1) is 0 Å². The Balaban J connectivity index is 1.33. The molecule has 2 heterocycles. The lowest BCUT2D eigenvalue weighted by molar-refractivity contribution is 0.669. The lowest BCUT2D eigenvalue weighted by Crippen LogP contribution is -2.11. The van der Waals surface area contributed by atoms with E-state index in [9.17, 15) is 0 Å². The summed E-state index contributed by atoms with van der Waals surface area (Å²) >= 11 is 1.87.